The fourth-order valence-corrected chi connectivity index (χ4v) is 2.50. The first-order chi connectivity index (χ1) is 9.70. The van der Waals surface area contributed by atoms with E-state index in [0.717, 1.165) is 0 Å². The number of aliphatic hydroxyl groups is 2. The molecule has 21 heavy (non-hydrogen) atoms. The van der Waals surface area contributed by atoms with Gasteiger partial charge in [-0.3, -0.25) is 9.59 Å². The molecule has 0 amide bonds. The van der Waals surface area contributed by atoms with Crippen molar-refractivity contribution in [2.24, 2.45) is 5.92 Å². The molecule has 0 heterocycles. The second kappa shape index (κ2) is 8.82. The van der Waals surface area contributed by atoms with E-state index < -0.39 is 24.4 Å². The molecule has 0 aromatic carbocycles. The topological polar surface area (TPSA) is 93.1 Å². The number of hydrogen-bond donors (Lipinski definition) is 2. The van der Waals surface area contributed by atoms with E-state index in [-0.39, 0.29) is 19.8 Å². The van der Waals surface area contributed by atoms with E-state index in [4.69, 9.17) is 9.47 Å². The molecule has 4 atom stereocenters. The Kier molecular flexibility index (Phi) is 8.14. The predicted molar refractivity (Wildman–Crippen MR) is 92.3 cm³/mol. The molecule has 4 unspecified atom stereocenters. The minimum atomic E-state index is -1.51. The fourth-order valence-electron chi connectivity index (χ4n) is 2.21. The first kappa shape index (κ1) is 19.4. The van der Waals surface area contributed by atoms with Gasteiger partial charge in [0, 0.05) is 12.3 Å². The van der Waals surface area contributed by atoms with Crippen molar-refractivity contribution < 1.29 is 29.3 Å². The maximum absolute atomic E-state index is 11.7. The lowest BCUT2D eigenvalue weighted by molar-refractivity contribution is -0.170. The minimum absolute atomic E-state index is 0.280. The summed E-state index contributed by atoms with van der Waals surface area (Å²) in [5.74, 6) is -1.16. The van der Waals surface area contributed by atoms with Gasteiger partial charge in [0.1, 0.15) is 20.1 Å². The molecule has 0 aromatic heterocycles. The summed E-state index contributed by atoms with van der Waals surface area (Å²) in [6, 6.07) is 0. The maximum atomic E-state index is 11.7. The number of carbonyl (C=O) groups excluding carboxylic acids is 2. The molecule has 1 aliphatic carbocycles. The van der Waals surface area contributed by atoms with Crippen molar-refractivity contribution in [2.45, 2.75) is 59.5 Å². The van der Waals surface area contributed by atoms with E-state index in [0.29, 0.717) is 19.3 Å². The third-order valence-electron chi connectivity index (χ3n) is 3.29. The van der Waals surface area contributed by atoms with Gasteiger partial charge < -0.3 is 19.7 Å². The standard InChI is InChI=1S/C13H20I2O6/c1-6(14)12(18)20-9-3-8(11(16)17)4-10(5-9)21-13(19)7(2)15/h6-11,16-17H,3-5H2,1-2H3. The van der Waals surface area contributed by atoms with E-state index in [1.165, 1.54) is 0 Å². The second-order valence-electron chi connectivity index (χ2n) is 5.23. The van der Waals surface area contributed by atoms with Crippen LogP contribution in [-0.4, -0.2) is 48.5 Å². The fraction of sp³-hybridized carbons (Fsp3) is 0.846. The van der Waals surface area contributed by atoms with E-state index in [2.05, 4.69) is 0 Å². The quantitative estimate of drug-likeness (QED) is 0.245. The molecule has 0 aliphatic heterocycles. The van der Waals surface area contributed by atoms with Gasteiger partial charge in [0.25, 0.3) is 0 Å². The Morgan fingerprint density at radius 3 is 1.62 bits per heavy atom. The highest BCUT2D eigenvalue weighted by atomic mass is 127. The van der Waals surface area contributed by atoms with Gasteiger partial charge in [-0.2, -0.15) is 0 Å². The Balaban J connectivity index is 2.68. The van der Waals surface area contributed by atoms with Crippen molar-refractivity contribution in [3.8, 4) is 0 Å². The third kappa shape index (κ3) is 6.53. The molecule has 1 saturated carbocycles. The largest absolute Gasteiger partial charge is 0.461 e. The number of ether oxygens (including phenoxy) is 2. The zero-order valence-corrected chi connectivity index (χ0v) is 16.2. The van der Waals surface area contributed by atoms with Crippen molar-refractivity contribution in [1.29, 1.82) is 0 Å². The van der Waals surface area contributed by atoms with Crippen LogP contribution in [0.25, 0.3) is 0 Å². The lowest BCUT2D eigenvalue weighted by Crippen LogP contribution is -2.40. The van der Waals surface area contributed by atoms with Gasteiger partial charge in [-0.25, -0.2) is 0 Å². The van der Waals surface area contributed by atoms with Crippen LogP contribution in [0.2, 0.25) is 0 Å². The van der Waals surface area contributed by atoms with Crippen molar-refractivity contribution in [1.82, 2.24) is 0 Å². The van der Waals surface area contributed by atoms with E-state index in [9.17, 15) is 19.8 Å². The first-order valence-electron chi connectivity index (χ1n) is 6.76. The van der Waals surface area contributed by atoms with Crippen molar-refractivity contribution >= 4 is 57.1 Å². The summed E-state index contributed by atoms with van der Waals surface area (Å²) in [6.45, 7) is 3.44. The Hall–Kier alpha value is 0.320. The summed E-state index contributed by atoms with van der Waals surface area (Å²) in [6.07, 6.45) is -1.31. The summed E-state index contributed by atoms with van der Waals surface area (Å²) >= 11 is 3.91. The molecule has 2 N–H and O–H groups in total. The maximum Gasteiger partial charge on any atom is 0.318 e. The zero-order valence-electron chi connectivity index (χ0n) is 11.9. The number of carbonyl (C=O) groups is 2. The van der Waals surface area contributed by atoms with Gasteiger partial charge in [0.15, 0.2) is 6.29 Å². The minimum Gasteiger partial charge on any atom is -0.461 e. The van der Waals surface area contributed by atoms with Gasteiger partial charge in [-0.1, -0.05) is 45.2 Å². The smallest absolute Gasteiger partial charge is 0.318 e. The van der Waals surface area contributed by atoms with Crippen LogP contribution in [0.5, 0.6) is 0 Å². The molecule has 8 heteroatoms. The van der Waals surface area contributed by atoms with Crippen LogP contribution < -0.4 is 0 Å². The number of alkyl halides is 2. The highest BCUT2D eigenvalue weighted by Crippen LogP contribution is 2.31. The number of halogens is 2. The Bertz CT molecular complexity index is 342. The van der Waals surface area contributed by atoms with Gasteiger partial charge in [0.2, 0.25) is 0 Å². The molecular weight excluding hydrogens is 506 g/mol. The molecule has 0 radical (unpaired) electrons. The molecule has 122 valence electrons. The molecule has 1 rings (SSSR count). The normalized spacial score (nSPS) is 28.8. The Labute approximate surface area is 151 Å². The summed E-state index contributed by atoms with van der Waals surface area (Å²) in [5.41, 5.74) is 0. The van der Waals surface area contributed by atoms with E-state index in [1.54, 1.807) is 13.8 Å². The highest BCUT2D eigenvalue weighted by Gasteiger charge is 2.36. The number of rotatable bonds is 5. The van der Waals surface area contributed by atoms with Crippen LogP contribution in [-0.2, 0) is 19.1 Å². The lowest BCUT2D eigenvalue weighted by Gasteiger charge is -2.35. The summed E-state index contributed by atoms with van der Waals surface area (Å²) < 4.78 is 10.1. The lowest BCUT2D eigenvalue weighted by atomic mass is 9.84. The monoisotopic (exact) mass is 526 g/mol. The van der Waals surface area contributed by atoms with E-state index in [1.807, 2.05) is 45.2 Å². The van der Waals surface area contributed by atoms with Crippen molar-refractivity contribution in [2.75, 3.05) is 0 Å². The van der Waals surface area contributed by atoms with Crippen molar-refractivity contribution in [3.05, 3.63) is 0 Å². The van der Waals surface area contributed by atoms with Crippen LogP contribution in [0.1, 0.15) is 33.1 Å². The van der Waals surface area contributed by atoms with Gasteiger partial charge in [-0.05, 0) is 26.7 Å². The molecule has 0 saturated heterocycles. The average molecular weight is 526 g/mol. The average Bonchev–Trinajstić information content (AvgIpc) is 2.37. The molecule has 0 spiro atoms. The molecule has 0 aromatic rings. The molecule has 1 fully saturated rings. The van der Waals surface area contributed by atoms with Crippen LogP contribution in [0.4, 0.5) is 0 Å². The van der Waals surface area contributed by atoms with E-state index >= 15 is 0 Å². The summed E-state index contributed by atoms with van der Waals surface area (Å²) in [4.78, 5) is 23.3. The Morgan fingerprint density at radius 1 is 0.952 bits per heavy atom. The van der Waals surface area contributed by atoms with Crippen molar-refractivity contribution in [3.63, 3.8) is 0 Å². The van der Waals surface area contributed by atoms with Crippen LogP contribution in [0.3, 0.4) is 0 Å². The number of hydrogen-bond acceptors (Lipinski definition) is 6. The van der Waals surface area contributed by atoms with Gasteiger partial charge in [-0.15, -0.1) is 0 Å². The molecule has 0 bridgehead atoms. The Morgan fingerprint density at radius 2 is 1.33 bits per heavy atom. The second-order valence-corrected chi connectivity index (χ2v) is 8.97. The molecular formula is C13H20I2O6. The number of esters is 2. The molecule has 1 aliphatic rings. The predicted octanol–water partition coefficient (Wildman–Crippen LogP) is 1.57. The van der Waals surface area contributed by atoms with Gasteiger partial charge in [0.05, 0.1) is 0 Å². The zero-order chi connectivity index (χ0) is 16.2. The summed E-state index contributed by atoms with van der Waals surface area (Å²) in [7, 11) is 0. The van der Waals surface area contributed by atoms with Crippen LogP contribution in [0.15, 0.2) is 0 Å². The SMILES string of the molecule is CC(I)C(=O)OC1CC(OC(=O)C(C)I)CC(C(O)O)C1. The summed E-state index contributed by atoms with van der Waals surface area (Å²) in [5, 5.41) is 18.7. The van der Waals surface area contributed by atoms with Crippen LogP contribution in [0, 0.1) is 5.92 Å². The third-order valence-corrected chi connectivity index (χ3v) is 4.31. The highest BCUT2D eigenvalue weighted by molar-refractivity contribution is 14.1. The first-order valence-corrected chi connectivity index (χ1v) is 9.25. The number of aliphatic hydroxyl groups excluding tert-OH is 1. The van der Waals surface area contributed by atoms with Crippen LogP contribution >= 0.6 is 45.2 Å². The van der Waals surface area contributed by atoms with Gasteiger partial charge >= 0.3 is 11.9 Å². The molecule has 6 nitrogen and oxygen atoms in total.